The number of rotatable bonds is 1. The summed E-state index contributed by atoms with van der Waals surface area (Å²) in [5.41, 5.74) is 1.81. The van der Waals surface area contributed by atoms with Crippen molar-refractivity contribution in [1.82, 2.24) is 9.97 Å². The largest absolute Gasteiger partial charge is 0.346 e. The zero-order chi connectivity index (χ0) is 9.10. The van der Waals surface area contributed by atoms with Gasteiger partial charge >= 0.3 is 0 Å². The molecule has 2 aromatic rings. The van der Waals surface area contributed by atoms with E-state index in [9.17, 15) is 0 Å². The van der Waals surface area contributed by atoms with Crippen LogP contribution in [-0.4, -0.2) is 9.97 Å². The fourth-order valence-electron chi connectivity index (χ4n) is 1.18. The third-order valence-corrected chi connectivity index (χ3v) is 1.77. The molecule has 0 saturated heterocycles. The van der Waals surface area contributed by atoms with Crippen LogP contribution in [0.1, 0.15) is 5.56 Å². The first-order chi connectivity index (χ1) is 6.40. The van der Waals surface area contributed by atoms with Gasteiger partial charge in [-0.2, -0.15) is 5.26 Å². The molecule has 0 amide bonds. The van der Waals surface area contributed by atoms with E-state index >= 15 is 0 Å². The number of nitrogens with one attached hydrogen (secondary N) is 1. The van der Waals surface area contributed by atoms with Crippen molar-refractivity contribution in [3.63, 3.8) is 0 Å². The molecule has 3 nitrogen and oxygen atoms in total. The van der Waals surface area contributed by atoms with Crippen molar-refractivity contribution in [2.75, 3.05) is 0 Å². The lowest BCUT2D eigenvalue weighted by molar-refractivity contribution is 1.32. The zero-order valence-electron chi connectivity index (χ0n) is 6.86. The van der Waals surface area contributed by atoms with Gasteiger partial charge in [0.05, 0.1) is 6.07 Å². The Morgan fingerprint density at radius 1 is 1.54 bits per heavy atom. The van der Waals surface area contributed by atoms with Crippen molar-refractivity contribution in [2.45, 2.75) is 0 Å². The summed E-state index contributed by atoms with van der Waals surface area (Å²) in [6, 6.07) is 5.87. The maximum atomic E-state index is 8.34. The Kier molecular flexibility index (Phi) is 1.81. The summed E-state index contributed by atoms with van der Waals surface area (Å²) in [6.07, 6.45) is 6.75. The van der Waals surface area contributed by atoms with Crippen LogP contribution >= 0.6 is 0 Å². The Morgan fingerprint density at radius 3 is 3.31 bits per heavy atom. The number of fused-ring (bicyclic) bond motifs is 1. The normalized spacial score (nSPS) is 10.7. The number of aromatic amines is 1. The number of hydrogen-bond donors (Lipinski definition) is 1. The lowest BCUT2D eigenvalue weighted by Crippen LogP contribution is -1.77. The van der Waals surface area contributed by atoms with E-state index in [1.54, 1.807) is 12.3 Å². The van der Waals surface area contributed by atoms with Gasteiger partial charge in [0.15, 0.2) is 0 Å². The SMILES string of the molecule is N#CC=Cc1cnc2[nH]ccc2c1. The molecule has 0 aliphatic rings. The molecular weight excluding hydrogens is 162 g/mol. The van der Waals surface area contributed by atoms with Crippen LogP contribution in [0.15, 0.2) is 30.6 Å². The van der Waals surface area contributed by atoms with Gasteiger partial charge < -0.3 is 4.98 Å². The fourth-order valence-corrected chi connectivity index (χ4v) is 1.18. The molecule has 0 aliphatic carbocycles. The van der Waals surface area contributed by atoms with E-state index in [1.165, 1.54) is 6.08 Å². The summed E-state index contributed by atoms with van der Waals surface area (Å²) in [7, 11) is 0. The predicted molar refractivity (Wildman–Crippen MR) is 50.7 cm³/mol. The quantitative estimate of drug-likeness (QED) is 0.664. The highest BCUT2D eigenvalue weighted by molar-refractivity contribution is 5.77. The van der Waals surface area contributed by atoms with Crippen LogP contribution in [0.5, 0.6) is 0 Å². The van der Waals surface area contributed by atoms with E-state index in [2.05, 4.69) is 9.97 Å². The third-order valence-electron chi connectivity index (χ3n) is 1.77. The van der Waals surface area contributed by atoms with Gasteiger partial charge in [0, 0.05) is 23.9 Å². The minimum absolute atomic E-state index is 0.870. The molecule has 0 radical (unpaired) electrons. The topological polar surface area (TPSA) is 52.5 Å². The number of H-pyrrole nitrogens is 1. The van der Waals surface area contributed by atoms with Gasteiger partial charge in [-0.05, 0) is 23.8 Å². The van der Waals surface area contributed by atoms with Crippen LogP contribution in [0, 0.1) is 11.3 Å². The maximum Gasteiger partial charge on any atom is 0.137 e. The molecule has 62 valence electrons. The Morgan fingerprint density at radius 2 is 2.46 bits per heavy atom. The monoisotopic (exact) mass is 169 g/mol. The molecule has 0 aliphatic heterocycles. The lowest BCUT2D eigenvalue weighted by atomic mass is 10.2. The number of aromatic nitrogens is 2. The second-order valence-corrected chi connectivity index (χ2v) is 2.65. The van der Waals surface area contributed by atoms with Crippen LogP contribution in [0.2, 0.25) is 0 Å². The summed E-state index contributed by atoms with van der Waals surface area (Å²) in [4.78, 5) is 7.18. The Bertz CT molecular complexity index is 488. The van der Waals surface area contributed by atoms with Crippen molar-refractivity contribution < 1.29 is 0 Å². The Hall–Kier alpha value is -2.08. The van der Waals surface area contributed by atoms with Gasteiger partial charge in [0.2, 0.25) is 0 Å². The molecule has 0 spiro atoms. The number of pyridine rings is 1. The van der Waals surface area contributed by atoms with Crippen LogP contribution < -0.4 is 0 Å². The average Bonchev–Trinajstić information content (AvgIpc) is 2.61. The predicted octanol–water partition coefficient (Wildman–Crippen LogP) is 2.10. The summed E-state index contributed by atoms with van der Waals surface area (Å²) >= 11 is 0. The summed E-state index contributed by atoms with van der Waals surface area (Å²) in [5.74, 6) is 0. The van der Waals surface area contributed by atoms with Crippen LogP contribution in [0.4, 0.5) is 0 Å². The molecule has 0 bridgehead atoms. The van der Waals surface area contributed by atoms with Crippen molar-refractivity contribution in [1.29, 1.82) is 5.26 Å². The summed E-state index contributed by atoms with van der Waals surface area (Å²) in [6.45, 7) is 0. The zero-order valence-corrected chi connectivity index (χ0v) is 6.86. The van der Waals surface area contributed by atoms with E-state index in [-0.39, 0.29) is 0 Å². The molecule has 2 rings (SSSR count). The molecule has 0 saturated carbocycles. The van der Waals surface area contributed by atoms with Gasteiger partial charge in [-0.15, -0.1) is 0 Å². The number of nitriles is 1. The standard InChI is InChI=1S/C10H7N3/c11-4-1-2-8-6-9-3-5-12-10(9)13-7-8/h1-3,5-7H,(H,12,13). The highest BCUT2D eigenvalue weighted by atomic mass is 14.8. The van der Waals surface area contributed by atoms with E-state index in [0.717, 1.165) is 16.6 Å². The smallest absolute Gasteiger partial charge is 0.137 e. The Labute approximate surface area is 75.3 Å². The average molecular weight is 169 g/mol. The van der Waals surface area contributed by atoms with Gasteiger partial charge in [-0.1, -0.05) is 0 Å². The van der Waals surface area contributed by atoms with Gasteiger partial charge in [0.1, 0.15) is 5.65 Å². The first kappa shape index (κ1) is 7.56. The second kappa shape index (κ2) is 3.11. The number of hydrogen-bond acceptors (Lipinski definition) is 2. The van der Waals surface area contributed by atoms with E-state index in [4.69, 9.17) is 5.26 Å². The molecule has 0 atom stereocenters. The van der Waals surface area contributed by atoms with Gasteiger partial charge in [-0.3, -0.25) is 0 Å². The summed E-state index contributed by atoms with van der Waals surface area (Å²) < 4.78 is 0. The van der Waals surface area contributed by atoms with Crippen LogP contribution in [0.25, 0.3) is 17.1 Å². The van der Waals surface area contributed by atoms with Crippen molar-refractivity contribution in [3.8, 4) is 6.07 Å². The number of allylic oxidation sites excluding steroid dienone is 1. The van der Waals surface area contributed by atoms with E-state index in [1.807, 2.05) is 24.4 Å². The Balaban J connectivity index is 2.49. The highest BCUT2D eigenvalue weighted by Gasteiger charge is 1.94. The molecule has 2 aromatic heterocycles. The van der Waals surface area contributed by atoms with Gasteiger partial charge in [0.25, 0.3) is 0 Å². The lowest BCUT2D eigenvalue weighted by Gasteiger charge is -1.91. The highest BCUT2D eigenvalue weighted by Crippen LogP contribution is 2.11. The molecule has 0 fully saturated rings. The molecule has 3 heteroatoms. The van der Waals surface area contributed by atoms with Crippen LogP contribution in [0.3, 0.4) is 0 Å². The van der Waals surface area contributed by atoms with E-state index in [0.29, 0.717) is 0 Å². The fraction of sp³-hybridized carbons (Fsp3) is 0. The van der Waals surface area contributed by atoms with E-state index < -0.39 is 0 Å². The molecule has 2 heterocycles. The molecule has 1 N–H and O–H groups in total. The molecule has 0 aromatic carbocycles. The van der Waals surface area contributed by atoms with Crippen LogP contribution in [-0.2, 0) is 0 Å². The second-order valence-electron chi connectivity index (χ2n) is 2.65. The summed E-state index contributed by atoms with van der Waals surface area (Å²) in [5, 5.41) is 9.39. The first-order valence-electron chi connectivity index (χ1n) is 3.89. The van der Waals surface area contributed by atoms with Crippen molar-refractivity contribution in [3.05, 3.63) is 36.2 Å². The van der Waals surface area contributed by atoms with Crippen molar-refractivity contribution in [2.24, 2.45) is 0 Å². The minimum Gasteiger partial charge on any atom is -0.346 e. The minimum atomic E-state index is 0.870. The van der Waals surface area contributed by atoms with Gasteiger partial charge in [-0.25, -0.2) is 4.98 Å². The van der Waals surface area contributed by atoms with Crippen molar-refractivity contribution >= 4 is 17.1 Å². The number of nitrogens with zero attached hydrogens (tertiary/aromatic N) is 2. The molecule has 13 heavy (non-hydrogen) atoms. The third kappa shape index (κ3) is 1.42. The maximum absolute atomic E-state index is 8.34. The molecular formula is C10H7N3. The first-order valence-corrected chi connectivity index (χ1v) is 3.89. The molecule has 0 unspecified atom stereocenters.